The zero-order valence-electron chi connectivity index (χ0n) is 15.6. The summed E-state index contributed by atoms with van der Waals surface area (Å²) in [6.07, 6.45) is 5.69. The molecular formula is C21H21N3O3. The first-order valence-corrected chi connectivity index (χ1v) is 8.96. The molecule has 6 heteroatoms. The number of anilines is 1. The first-order chi connectivity index (χ1) is 13.0. The molecule has 27 heavy (non-hydrogen) atoms. The van der Waals surface area contributed by atoms with Gasteiger partial charge in [-0.25, -0.2) is 9.78 Å². The van der Waals surface area contributed by atoms with Crippen molar-refractivity contribution in [3.05, 3.63) is 63.7 Å². The molecule has 0 atom stereocenters. The first kappa shape index (κ1) is 17.3. The van der Waals surface area contributed by atoms with E-state index in [0.29, 0.717) is 5.92 Å². The van der Waals surface area contributed by atoms with Gasteiger partial charge in [0, 0.05) is 25.0 Å². The van der Waals surface area contributed by atoms with Crippen molar-refractivity contribution in [2.45, 2.75) is 25.7 Å². The Morgan fingerprint density at radius 2 is 2.07 bits per heavy atom. The average Bonchev–Trinajstić information content (AvgIpc) is 3.53. The van der Waals surface area contributed by atoms with Gasteiger partial charge in [0.15, 0.2) is 0 Å². The average molecular weight is 363 g/mol. The summed E-state index contributed by atoms with van der Waals surface area (Å²) < 4.78 is 6.38. The van der Waals surface area contributed by atoms with Crippen molar-refractivity contribution in [2.75, 3.05) is 19.5 Å². The van der Waals surface area contributed by atoms with Crippen LogP contribution in [0.5, 0.6) is 0 Å². The SMILES string of the molecule is CNc1ccc(-c2ccn3c(=O)c(C(=O)OC)cc(C4CC4)c3c2C)cn1. The summed E-state index contributed by atoms with van der Waals surface area (Å²) >= 11 is 0. The minimum atomic E-state index is -0.593. The van der Waals surface area contributed by atoms with Gasteiger partial charge in [-0.2, -0.15) is 0 Å². The third kappa shape index (κ3) is 2.87. The van der Waals surface area contributed by atoms with Crippen LogP contribution in [-0.4, -0.2) is 29.5 Å². The number of rotatable bonds is 4. The molecule has 0 amide bonds. The molecule has 0 aromatic carbocycles. The molecule has 6 nitrogen and oxygen atoms in total. The smallest absolute Gasteiger partial charge is 0.343 e. The Kier molecular flexibility index (Phi) is 4.18. The number of aryl methyl sites for hydroxylation is 1. The summed E-state index contributed by atoms with van der Waals surface area (Å²) in [7, 11) is 3.13. The highest BCUT2D eigenvalue weighted by Crippen LogP contribution is 2.43. The second kappa shape index (κ2) is 6.54. The lowest BCUT2D eigenvalue weighted by Gasteiger charge is -2.15. The highest BCUT2D eigenvalue weighted by atomic mass is 16.5. The van der Waals surface area contributed by atoms with Crippen LogP contribution < -0.4 is 10.9 Å². The Morgan fingerprint density at radius 3 is 2.67 bits per heavy atom. The standard InChI is InChI=1S/C21H21N3O3/c1-12-15(14-6-7-18(22-2)23-11-14)8-9-24-19(12)16(13-4-5-13)10-17(20(24)25)21(26)27-3/h6-11,13H,4-5H2,1-3H3,(H,22,23). The number of nitrogens with one attached hydrogen (secondary N) is 1. The van der Waals surface area contributed by atoms with Crippen molar-refractivity contribution in [1.29, 1.82) is 0 Å². The minimum Gasteiger partial charge on any atom is -0.465 e. The van der Waals surface area contributed by atoms with E-state index in [9.17, 15) is 9.59 Å². The molecule has 1 fully saturated rings. The number of pyridine rings is 3. The Hall–Kier alpha value is -3.15. The number of esters is 1. The Bertz CT molecular complexity index is 1100. The Balaban J connectivity index is 1.98. The van der Waals surface area contributed by atoms with E-state index in [1.54, 1.807) is 16.7 Å². The van der Waals surface area contributed by atoms with E-state index in [-0.39, 0.29) is 11.1 Å². The van der Waals surface area contributed by atoms with Crippen molar-refractivity contribution < 1.29 is 9.53 Å². The third-order valence-corrected chi connectivity index (χ3v) is 5.17. The number of carbonyl (C=O) groups excluding carboxylic acids is 1. The Morgan fingerprint density at radius 1 is 1.30 bits per heavy atom. The molecule has 0 saturated heterocycles. The molecule has 0 spiro atoms. The summed E-state index contributed by atoms with van der Waals surface area (Å²) in [6.45, 7) is 2.01. The molecule has 1 saturated carbocycles. The van der Waals surface area contributed by atoms with Crippen molar-refractivity contribution in [2.24, 2.45) is 0 Å². The molecule has 3 aromatic heterocycles. The van der Waals surface area contributed by atoms with Gasteiger partial charge in [0.1, 0.15) is 11.4 Å². The largest absolute Gasteiger partial charge is 0.465 e. The first-order valence-electron chi connectivity index (χ1n) is 8.96. The second-order valence-corrected chi connectivity index (χ2v) is 6.84. The highest BCUT2D eigenvalue weighted by molar-refractivity contribution is 5.90. The summed E-state index contributed by atoms with van der Waals surface area (Å²) in [5, 5.41) is 3.01. The number of aromatic nitrogens is 2. The molecule has 1 N–H and O–H groups in total. The zero-order valence-corrected chi connectivity index (χ0v) is 15.6. The predicted octanol–water partition coefficient (Wildman–Crippen LogP) is 3.38. The Labute approximate surface area is 156 Å². The maximum Gasteiger partial charge on any atom is 0.343 e. The highest BCUT2D eigenvalue weighted by Gasteiger charge is 2.29. The topological polar surface area (TPSA) is 72.7 Å². The van der Waals surface area contributed by atoms with Gasteiger partial charge in [-0.1, -0.05) is 0 Å². The van der Waals surface area contributed by atoms with E-state index in [4.69, 9.17) is 4.74 Å². The predicted molar refractivity (Wildman–Crippen MR) is 104 cm³/mol. The lowest BCUT2D eigenvalue weighted by molar-refractivity contribution is 0.0598. The van der Waals surface area contributed by atoms with E-state index >= 15 is 0 Å². The molecule has 4 rings (SSSR count). The van der Waals surface area contributed by atoms with Crippen LogP contribution in [0.15, 0.2) is 41.5 Å². The normalized spacial score (nSPS) is 13.6. The van der Waals surface area contributed by atoms with Crippen LogP contribution in [-0.2, 0) is 4.74 Å². The number of fused-ring (bicyclic) bond motifs is 1. The number of carbonyl (C=O) groups is 1. The summed E-state index contributed by atoms with van der Waals surface area (Å²) in [5.41, 5.74) is 4.67. The van der Waals surface area contributed by atoms with Gasteiger partial charge in [0.25, 0.3) is 5.56 Å². The zero-order chi connectivity index (χ0) is 19.1. The lowest BCUT2D eigenvalue weighted by Crippen LogP contribution is -2.24. The van der Waals surface area contributed by atoms with Crippen LogP contribution in [0, 0.1) is 6.92 Å². The fourth-order valence-corrected chi connectivity index (χ4v) is 3.57. The van der Waals surface area contributed by atoms with Gasteiger partial charge in [-0.05, 0) is 66.6 Å². The van der Waals surface area contributed by atoms with E-state index in [1.165, 1.54) is 7.11 Å². The van der Waals surface area contributed by atoms with Gasteiger partial charge >= 0.3 is 5.97 Å². The molecule has 1 aliphatic rings. The maximum absolute atomic E-state index is 12.8. The van der Waals surface area contributed by atoms with Gasteiger partial charge in [0.2, 0.25) is 0 Å². The van der Waals surface area contributed by atoms with E-state index in [1.807, 2.05) is 38.4 Å². The molecule has 1 aliphatic carbocycles. The van der Waals surface area contributed by atoms with Crippen LogP contribution in [0.25, 0.3) is 16.6 Å². The van der Waals surface area contributed by atoms with Crippen LogP contribution in [0.1, 0.15) is 40.2 Å². The number of hydrogen-bond acceptors (Lipinski definition) is 5. The van der Waals surface area contributed by atoms with E-state index in [0.717, 1.165) is 46.4 Å². The molecule has 3 aromatic rings. The number of nitrogens with zero attached hydrogens (tertiary/aromatic N) is 2. The van der Waals surface area contributed by atoms with Crippen molar-refractivity contribution in [3.8, 4) is 11.1 Å². The van der Waals surface area contributed by atoms with Crippen LogP contribution in [0.2, 0.25) is 0 Å². The fraction of sp³-hybridized carbons (Fsp3) is 0.286. The van der Waals surface area contributed by atoms with Gasteiger partial charge in [-0.15, -0.1) is 0 Å². The summed E-state index contributed by atoms with van der Waals surface area (Å²) in [6, 6.07) is 7.56. The van der Waals surface area contributed by atoms with Crippen molar-refractivity contribution >= 4 is 17.3 Å². The van der Waals surface area contributed by atoms with Crippen molar-refractivity contribution in [1.82, 2.24) is 9.38 Å². The van der Waals surface area contributed by atoms with Gasteiger partial charge in [0.05, 0.1) is 12.6 Å². The second-order valence-electron chi connectivity index (χ2n) is 6.84. The molecular weight excluding hydrogens is 342 g/mol. The molecule has 0 aliphatic heterocycles. The summed E-state index contributed by atoms with van der Waals surface area (Å²) in [4.78, 5) is 29.3. The fourth-order valence-electron chi connectivity index (χ4n) is 3.57. The molecule has 138 valence electrons. The molecule has 0 unspecified atom stereocenters. The van der Waals surface area contributed by atoms with E-state index in [2.05, 4.69) is 10.3 Å². The van der Waals surface area contributed by atoms with Crippen molar-refractivity contribution in [3.63, 3.8) is 0 Å². The maximum atomic E-state index is 12.8. The summed E-state index contributed by atoms with van der Waals surface area (Å²) in [5.74, 6) is 0.586. The van der Waals surface area contributed by atoms with E-state index < -0.39 is 5.97 Å². The van der Waals surface area contributed by atoms with Crippen LogP contribution in [0.3, 0.4) is 0 Å². The third-order valence-electron chi connectivity index (χ3n) is 5.17. The molecule has 3 heterocycles. The van der Waals surface area contributed by atoms with Crippen LogP contribution >= 0.6 is 0 Å². The monoisotopic (exact) mass is 363 g/mol. The van der Waals surface area contributed by atoms with Gasteiger partial charge < -0.3 is 10.1 Å². The lowest BCUT2D eigenvalue weighted by atomic mass is 9.97. The quantitative estimate of drug-likeness (QED) is 0.720. The van der Waals surface area contributed by atoms with Gasteiger partial charge in [-0.3, -0.25) is 9.20 Å². The van der Waals surface area contributed by atoms with Crippen LogP contribution in [0.4, 0.5) is 5.82 Å². The number of hydrogen-bond donors (Lipinski definition) is 1. The molecule has 0 radical (unpaired) electrons. The minimum absolute atomic E-state index is 0.0871. The number of ether oxygens (including phenoxy) is 1. The molecule has 0 bridgehead atoms. The number of methoxy groups -OCH3 is 1.